The van der Waals surface area contributed by atoms with E-state index >= 15 is 0 Å². The molecular weight excluding hydrogens is 216 g/mol. The maximum atomic E-state index is 11.8. The van der Waals surface area contributed by atoms with E-state index in [1.807, 2.05) is 25.7 Å². The molecule has 1 aliphatic rings. The number of carbonyl (C=O) groups excluding carboxylic acids is 1. The summed E-state index contributed by atoms with van der Waals surface area (Å²) in [5.41, 5.74) is -0.390. The molecule has 0 aromatic carbocycles. The van der Waals surface area contributed by atoms with E-state index in [9.17, 15) is 4.79 Å². The third-order valence-corrected chi connectivity index (χ3v) is 2.92. The number of ether oxygens (including phenoxy) is 1. The molecule has 1 fully saturated rings. The predicted octanol–water partition coefficient (Wildman–Crippen LogP) is 2.24. The van der Waals surface area contributed by atoms with Crippen LogP contribution in [0.1, 0.15) is 40.5 Å². The highest BCUT2D eigenvalue weighted by atomic mass is 16.6. The Morgan fingerprint density at radius 3 is 2.76 bits per heavy atom. The SMILES string of the molecule is CCNCCC1CCN(C(=O)OC(C)(C)C)C1. The maximum absolute atomic E-state index is 11.8. The van der Waals surface area contributed by atoms with Crippen LogP contribution in [0.25, 0.3) is 0 Å². The van der Waals surface area contributed by atoms with Crippen molar-refractivity contribution < 1.29 is 9.53 Å². The fraction of sp³-hybridized carbons (Fsp3) is 0.923. The summed E-state index contributed by atoms with van der Waals surface area (Å²) in [6.45, 7) is 11.6. The average molecular weight is 242 g/mol. The molecule has 0 radical (unpaired) electrons. The van der Waals surface area contributed by atoms with Gasteiger partial charge in [-0.25, -0.2) is 4.79 Å². The van der Waals surface area contributed by atoms with Crippen molar-refractivity contribution in [3.63, 3.8) is 0 Å². The highest BCUT2D eigenvalue weighted by molar-refractivity contribution is 5.68. The van der Waals surface area contributed by atoms with Crippen molar-refractivity contribution in [1.82, 2.24) is 10.2 Å². The second-order valence-electron chi connectivity index (χ2n) is 5.72. The molecule has 1 saturated heterocycles. The molecule has 100 valence electrons. The van der Waals surface area contributed by atoms with E-state index in [1.165, 1.54) is 0 Å². The van der Waals surface area contributed by atoms with Crippen molar-refractivity contribution in [2.24, 2.45) is 5.92 Å². The van der Waals surface area contributed by atoms with Crippen molar-refractivity contribution in [3.8, 4) is 0 Å². The zero-order valence-corrected chi connectivity index (χ0v) is 11.6. The van der Waals surface area contributed by atoms with E-state index in [-0.39, 0.29) is 11.7 Å². The molecule has 1 aliphatic heterocycles. The molecule has 17 heavy (non-hydrogen) atoms. The van der Waals surface area contributed by atoms with Gasteiger partial charge in [-0.05, 0) is 52.6 Å². The van der Waals surface area contributed by atoms with Crippen LogP contribution in [0.3, 0.4) is 0 Å². The Hall–Kier alpha value is -0.770. The number of likely N-dealkylation sites (tertiary alicyclic amines) is 1. The normalized spacial score (nSPS) is 20.7. The lowest BCUT2D eigenvalue weighted by atomic mass is 10.1. The molecule has 1 rings (SSSR count). The summed E-state index contributed by atoms with van der Waals surface area (Å²) < 4.78 is 5.37. The first-order chi connectivity index (χ1) is 7.92. The molecule has 4 heteroatoms. The first-order valence-electron chi connectivity index (χ1n) is 6.61. The van der Waals surface area contributed by atoms with Crippen LogP contribution in [-0.4, -0.2) is 42.8 Å². The van der Waals surface area contributed by atoms with Crippen LogP contribution in [0.2, 0.25) is 0 Å². The summed E-state index contributed by atoms with van der Waals surface area (Å²) in [7, 11) is 0. The number of hydrogen-bond acceptors (Lipinski definition) is 3. The van der Waals surface area contributed by atoms with Gasteiger partial charge in [-0.15, -0.1) is 0 Å². The minimum atomic E-state index is -0.390. The van der Waals surface area contributed by atoms with Gasteiger partial charge in [-0.1, -0.05) is 6.92 Å². The highest BCUT2D eigenvalue weighted by Gasteiger charge is 2.29. The second-order valence-corrected chi connectivity index (χ2v) is 5.72. The summed E-state index contributed by atoms with van der Waals surface area (Å²) >= 11 is 0. The minimum Gasteiger partial charge on any atom is -0.444 e. The van der Waals surface area contributed by atoms with Crippen LogP contribution in [0.5, 0.6) is 0 Å². The molecular formula is C13H26N2O2. The summed E-state index contributed by atoms with van der Waals surface area (Å²) in [5, 5.41) is 3.32. The molecule has 0 aromatic heterocycles. The number of carbonyl (C=O) groups is 1. The molecule has 0 aliphatic carbocycles. The van der Waals surface area contributed by atoms with Gasteiger partial charge in [0.25, 0.3) is 0 Å². The number of nitrogens with one attached hydrogen (secondary N) is 1. The van der Waals surface area contributed by atoms with E-state index in [0.29, 0.717) is 5.92 Å². The molecule has 1 heterocycles. The van der Waals surface area contributed by atoms with Crippen molar-refractivity contribution in [1.29, 1.82) is 0 Å². The van der Waals surface area contributed by atoms with Gasteiger partial charge >= 0.3 is 6.09 Å². The van der Waals surface area contributed by atoms with Gasteiger partial charge in [-0.2, -0.15) is 0 Å². The van der Waals surface area contributed by atoms with E-state index in [4.69, 9.17) is 4.74 Å². The molecule has 0 aromatic rings. The Morgan fingerprint density at radius 2 is 2.18 bits per heavy atom. The standard InChI is InChI=1S/C13H26N2O2/c1-5-14-8-6-11-7-9-15(10-11)12(16)17-13(2,3)4/h11,14H,5-10H2,1-4H3. The quantitative estimate of drug-likeness (QED) is 0.769. The van der Waals surface area contributed by atoms with Gasteiger partial charge in [0.1, 0.15) is 5.60 Å². The van der Waals surface area contributed by atoms with Gasteiger partial charge in [0.05, 0.1) is 0 Å². The smallest absolute Gasteiger partial charge is 0.410 e. The van der Waals surface area contributed by atoms with Gasteiger partial charge in [0.2, 0.25) is 0 Å². The Morgan fingerprint density at radius 1 is 1.47 bits per heavy atom. The fourth-order valence-corrected chi connectivity index (χ4v) is 2.04. The first-order valence-corrected chi connectivity index (χ1v) is 6.61. The number of rotatable bonds is 4. The highest BCUT2D eigenvalue weighted by Crippen LogP contribution is 2.21. The summed E-state index contributed by atoms with van der Waals surface area (Å²) in [4.78, 5) is 13.7. The molecule has 0 bridgehead atoms. The fourth-order valence-electron chi connectivity index (χ4n) is 2.04. The van der Waals surface area contributed by atoms with Crippen molar-refractivity contribution in [3.05, 3.63) is 0 Å². The lowest BCUT2D eigenvalue weighted by Crippen LogP contribution is -2.35. The Bertz CT molecular complexity index is 248. The molecule has 4 nitrogen and oxygen atoms in total. The summed E-state index contributed by atoms with van der Waals surface area (Å²) in [6.07, 6.45) is 2.08. The molecule has 1 unspecified atom stereocenters. The van der Waals surface area contributed by atoms with Crippen LogP contribution in [0.4, 0.5) is 4.79 Å². The Balaban J connectivity index is 2.27. The lowest BCUT2D eigenvalue weighted by molar-refractivity contribution is 0.0287. The van der Waals surface area contributed by atoms with Crippen molar-refractivity contribution in [2.45, 2.75) is 46.1 Å². The monoisotopic (exact) mass is 242 g/mol. The van der Waals surface area contributed by atoms with E-state index in [1.54, 1.807) is 0 Å². The van der Waals surface area contributed by atoms with Gasteiger partial charge < -0.3 is 15.0 Å². The van der Waals surface area contributed by atoms with Crippen LogP contribution >= 0.6 is 0 Å². The van der Waals surface area contributed by atoms with Gasteiger partial charge in [0.15, 0.2) is 0 Å². The lowest BCUT2D eigenvalue weighted by Gasteiger charge is -2.24. The van der Waals surface area contributed by atoms with E-state index in [0.717, 1.165) is 39.0 Å². The third kappa shape index (κ3) is 5.39. The van der Waals surface area contributed by atoms with Crippen molar-refractivity contribution >= 4 is 6.09 Å². The van der Waals surface area contributed by atoms with Crippen LogP contribution < -0.4 is 5.32 Å². The predicted molar refractivity (Wildman–Crippen MR) is 69.1 cm³/mol. The van der Waals surface area contributed by atoms with E-state index < -0.39 is 0 Å². The minimum absolute atomic E-state index is 0.163. The zero-order valence-electron chi connectivity index (χ0n) is 11.6. The average Bonchev–Trinajstić information content (AvgIpc) is 2.64. The topological polar surface area (TPSA) is 41.6 Å². The molecule has 1 atom stereocenters. The molecule has 1 amide bonds. The Labute approximate surface area is 105 Å². The largest absolute Gasteiger partial charge is 0.444 e. The summed E-state index contributed by atoms with van der Waals surface area (Å²) in [6, 6.07) is 0. The Kier molecular flexibility index (Phi) is 5.25. The van der Waals surface area contributed by atoms with Crippen LogP contribution in [0.15, 0.2) is 0 Å². The zero-order chi connectivity index (χ0) is 12.9. The third-order valence-electron chi connectivity index (χ3n) is 2.92. The molecule has 0 saturated carbocycles. The van der Waals surface area contributed by atoms with Crippen molar-refractivity contribution in [2.75, 3.05) is 26.2 Å². The van der Waals surface area contributed by atoms with E-state index in [2.05, 4.69) is 12.2 Å². The van der Waals surface area contributed by atoms with Gasteiger partial charge in [-0.3, -0.25) is 0 Å². The van der Waals surface area contributed by atoms with Crippen LogP contribution in [-0.2, 0) is 4.74 Å². The van der Waals surface area contributed by atoms with Gasteiger partial charge in [0, 0.05) is 13.1 Å². The molecule has 0 spiro atoms. The first kappa shape index (κ1) is 14.3. The van der Waals surface area contributed by atoms with Crippen LogP contribution in [0, 0.1) is 5.92 Å². The summed E-state index contributed by atoms with van der Waals surface area (Å²) in [5.74, 6) is 0.626. The second kappa shape index (κ2) is 6.24. The maximum Gasteiger partial charge on any atom is 0.410 e. The number of nitrogens with zero attached hydrogens (tertiary/aromatic N) is 1. The number of amides is 1. The molecule has 1 N–H and O–H groups in total. The number of hydrogen-bond donors (Lipinski definition) is 1.